The quantitative estimate of drug-likeness (QED) is 0.909. The van der Waals surface area contributed by atoms with Crippen LogP contribution in [0, 0.1) is 11.2 Å². The van der Waals surface area contributed by atoms with Gasteiger partial charge in [-0.25, -0.2) is 9.18 Å². The fourth-order valence-corrected chi connectivity index (χ4v) is 1.92. The molecule has 0 aliphatic carbocycles. The van der Waals surface area contributed by atoms with E-state index in [1.807, 2.05) is 7.05 Å². The van der Waals surface area contributed by atoms with Crippen LogP contribution in [-0.4, -0.2) is 29.1 Å². The molecule has 0 radical (unpaired) electrons. The minimum atomic E-state index is -1.23. The third-order valence-corrected chi connectivity index (χ3v) is 3.61. The molecule has 0 aromatic heterocycles. The first-order valence-corrected chi connectivity index (χ1v) is 6.35. The molecule has 106 valence electrons. The number of aromatic carboxylic acids is 1. The first-order chi connectivity index (χ1) is 8.62. The van der Waals surface area contributed by atoms with Gasteiger partial charge in [-0.15, -0.1) is 0 Å². The second-order valence-corrected chi connectivity index (χ2v) is 6.08. The topological polar surface area (TPSA) is 40.5 Å². The number of carboxylic acids is 1. The van der Waals surface area contributed by atoms with Gasteiger partial charge in [0.05, 0.1) is 5.56 Å². The highest BCUT2D eigenvalue weighted by atomic mass is 19.1. The number of carboxylic acid groups (broad SMARTS) is 1. The average molecular weight is 267 g/mol. The van der Waals surface area contributed by atoms with E-state index in [0.717, 1.165) is 5.56 Å². The number of benzene rings is 1. The van der Waals surface area contributed by atoms with Crippen LogP contribution in [0.1, 0.15) is 43.6 Å². The minimum Gasteiger partial charge on any atom is -0.478 e. The number of hydrogen-bond donors (Lipinski definition) is 1. The van der Waals surface area contributed by atoms with Gasteiger partial charge in [-0.1, -0.05) is 26.8 Å². The Morgan fingerprint density at radius 3 is 2.47 bits per heavy atom. The summed E-state index contributed by atoms with van der Waals surface area (Å²) in [4.78, 5) is 13.0. The van der Waals surface area contributed by atoms with Gasteiger partial charge in [0, 0.05) is 12.6 Å². The van der Waals surface area contributed by atoms with Crippen LogP contribution in [0.2, 0.25) is 0 Å². The molecule has 0 aliphatic rings. The summed E-state index contributed by atoms with van der Waals surface area (Å²) in [5.41, 5.74) is 0.663. The smallest absolute Gasteiger partial charge is 0.338 e. The average Bonchev–Trinajstić information content (AvgIpc) is 2.29. The van der Waals surface area contributed by atoms with E-state index in [1.165, 1.54) is 12.1 Å². The highest BCUT2D eigenvalue weighted by Crippen LogP contribution is 2.24. The molecule has 1 unspecified atom stereocenters. The monoisotopic (exact) mass is 267 g/mol. The Hall–Kier alpha value is -1.42. The molecule has 1 rings (SSSR count). The number of nitrogens with zero attached hydrogens (tertiary/aromatic N) is 1. The van der Waals surface area contributed by atoms with Crippen LogP contribution in [0.4, 0.5) is 4.39 Å². The fraction of sp³-hybridized carbons (Fsp3) is 0.533. The van der Waals surface area contributed by atoms with Crippen LogP contribution in [0.15, 0.2) is 18.2 Å². The van der Waals surface area contributed by atoms with Crippen molar-refractivity contribution in [1.82, 2.24) is 4.90 Å². The maximum atomic E-state index is 13.3. The zero-order chi connectivity index (χ0) is 14.8. The predicted octanol–water partition coefficient (Wildman–Crippen LogP) is 3.39. The van der Waals surface area contributed by atoms with Crippen LogP contribution in [0.25, 0.3) is 0 Å². The fourth-order valence-electron chi connectivity index (χ4n) is 1.92. The zero-order valence-electron chi connectivity index (χ0n) is 12.2. The lowest BCUT2D eigenvalue weighted by Gasteiger charge is -2.35. The summed E-state index contributed by atoms with van der Waals surface area (Å²) < 4.78 is 13.3. The molecule has 0 amide bonds. The zero-order valence-corrected chi connectivity index (χ0v) is 12.2. The van der Waals surface area contributed by atoms with Gasteiger partial charge in [-0.3, -0.25) is 4.90 Å². The van der Waals surface area contributed by atoms with Crippen molar-refractivity contribution in [2.45, 2.75) is 40.3 Å². The highest BCUT2D eigenvalue weighted by Gasteiger charge is 2.24. The normalized spacial score (nSPS) is 13.6. The molecule has 3 nitrogen and oxygen atoms in total. The molecule has 0 aliphatic heterocycles. The molecule has 0 saturated heterocycles. The Morgan fingerprint density at radius 1 is 1.42 bits per heavy atom. The summed E-state index contributed by atoms with van der Waals surface area (Å²) in [6.07, 6.45) is 0. The molecule has 1 N–H and O–H groups in total. The van der Waals surface area contributed by atoms with Crippen LogP contribution < -0.4 is 0 Å². The SMILES string of the molecule is CC(N(C)Cc1ccc(F)c(C(=O)O)c1)C(C)(C)C. The Labute approximate surface area is 114 Å². The number of carbonyl (C=O) groups is 1. The van der Waals surface area contributed by atoms with E-state index in [2.05, 4.69) is 32.6 Å². The van der Waals surface area contributed by atoms with Crippen LogP contribution in [0.5, 0.6) is 0 Å². The number of rotatable bonds is 4. The Balaban J connectivity index is 2.89. The Kier molecular flexibility index (Phi) is 4.69. The van der Waals surface area contributed by atoms with Crippen LogP contribution in [0.3, 0.4) is 0 Å². The summed E-state index contributed by atoms with van der Waals surface area (Å²) >= 11 is 0. The van der Waals surface area contributed by atoms with Crippen molar-refractivity contribution >= 4 is 5.97 Å². The lowest BCUT2D eigenvalue weighted by molar-refractivity contribution is 0.0691. The molecule has 1 aromatic rings. The van der Waals surface area contributed by atoms with Crippen molar-refractivity contribution in [2.75, 3.05) is 7.05 Å². The highest BCUT2D eigenvalue weighted by molar-refractivity contribution is 5.88. The molecule has 0 fully saturated rings. The molecular formula is C15H22FNO2. The minimum absolute atomic E-state index is 0.129. The lowest BCUT2D eigenvalue weighted by atomic mass is 9.87. The van der Waals surface area contributed by atoms with Gasteiger partial charge in [-0.05, 0) is 37.1 Å². The van der Waals surface area contributed by atoms with Crippen molar-refractivity contribution in [3.8, 4) is 0 Å². The number of halogens is 1. The van der Waals surface area contributed by atoms with Gasteiger partial charge in [0.2, 0.25) is 0 Å². The van der Waals surface area contributed by atoms with E-state index in [4.69, 9.17) is 5.11 Å². The maximum Gasteiger partial charge on any atom is 0.338 e. The van der Waals surface area contributed by atoms with Gasteiger partial charge >= 0.3 is 5.97 Å². The van der Waals surface area contributed by atoms with E-state index in [9.17, 15) is 9.18 Å². The molecule has 1 aromatic carbocycles. The van der Waals surface area contributed by atoms with Crippen molar-refractivity contribution in [3.05, 3.63) is 35.1 Å². The first-order valence-electron chi connectivity index (χ1n) is 6.35. The summed E-state index contributed by atoms with van der Waals surface area (Å²) in [6, 6.07) is 4.58. The summed E-state index contributed by atoms with van der Waals surface area (Å²) in [7, 11) is 1.99. The second-order valence-electron chi connectivity index (χ2n) is 6.08. The summed E-state index contributed by atoms with van der Waals surface area (Å²) in [5.74, 6) is -1.92. The van der Waals surface area contributed by atoms with E-state index in [1.54, 1.807) is 6.07 Å². The van der Waals surface area contributed by atoms with Gasteiger partial charge in [0.15, 0.2) is 0 Å². The van der Waals surface area contributed by atoms with Crippen molar-refractivity contribution in [1.29, 1.82) is 0 Å². The van der Waals surface area contributed by atoms with Crippen molar-refractivity contribution < 1.29 is 14.3 Å². The van der Waals surface area contributed by atoms with Gasteiger partial charge in [0.25, 0.3) is 0 Å². The Morgan fingerprint density at radius 2 is 2.00 bits per heavy atom. The van der Waals surface area contributed by atoms with Gasteiger partial charge < -0.3 is 5.11 Å². The van der Waals surface area contributed by atoms with E-state index >= 15 is 0 Å². The molecule has 0 spiro atoms. The molecule has 0 heterocycles. The summed E-state index contributed by atoms with van der Waals surface area (Å²) in [6.45, 7) is 9.19. The van der Waals surface area contributed by atoms with Gasteiger partial charge in [0.1, 0.15) is 5.82 Å². The van der Waals surface area contributed by atoms with Gasteiger partial charge in [-0.2, -0.15) is 0 Å². The van der Waals surface area contributed by atoms with Crippen LogP contribution in [-0.2, 0) is 6.54 Å². The number of hydrogen-bond acceptors (Lipinski definition) is 2. The standard InChI is InChI=1S/C15H22FNO2/c1-10(15(2,3)4)17(5)9-11-6-7-13(16)12(8-11)14(18)19/h6-8,10H,9H2,1-5H3,(H,18,19). The van der Waals surface area contributed by atoms with Crippen LogP contribution >= 0.6 is 0 Å². The molecule has 0 saturated carbocycles. The van der Waals surface area contributed by atoms with Crippen molar-refractivity contribution in [2.24, 2.45) is 5.41 Å². The van der Waals surface area contributed by atoms with E-state index in [-0.39, 0.29) is 11.0 Å². The van der Waals surface area contributed by atoms with E-state index < -0.39 is 11.8 Å². The van der Waals surface area contributed by atoms with E-state index in [0.29, 0.717) is 12.6 Å². The first kappa shape index (κ1) is 15.6. The molecular weight excluding hydrogens is 245 g/mol. The maximum absolute atomic E-state index is 13.3. The Bertz CT molecular complexity index is 466. The van der Waals surface area contributed by atoms with Crippen molar-refractivity contribution in [3.63, 3.8) is 0 Å². The molecule has 19 heavy (non-hydrogen) atoms. The largest absolute Gasteiger partial charge is 0.478 e. The lowest BCUT2D eigenvalue weighted by Crippen LogP contribution is -2.38. The third-order valence-electron chi connectivity index (χ3n) is 3.61. The molecule has 1 atom stereocenters. The molecule has 0 bridgehead atoms. The second kappa shape index (κ2) is 5.70. The molecule has 4 heteroatoms. The predicted molar refractivity (Wildman–Crippen MR) is 73.7 cm³/mol. The summed E-state index contributed by atoms with van der Waals surface area (Å²) in [5, 5.41) is 8.91. The third kappa shape index (κ3) is 4.03.